The van der Waals surface area contributed by atoms with Crippen molar-refractivity contribution in [3.8, 4) is 0 Å². The molecule has 0 atom stereocenters. The van der Waals surface area contributed by atoms with E-state index in [1.807, 2.05) is 0 Å². The van der Waals surface area contributed by atoms with Gasteiger partial charge in [-0.3, -0.25) is 4.79 Å². The number of ketones is 1. The normalized spacial score (nSPS) is 9.93. The monoisotopic (exact) mass is 193 g/mol. The quantitative estimate of drug-likeness (QED) is 0.545. The van der Waals surface area contributed by atoms with Gasteiger partial charge in [-0.25, -0.2) is 4.98 Å². The Balaban J connectivity index is 3.35. The maximum absolute atomic E-state index is 13.3. The molecule has 0 saturated heterocycles. The zero-order chi connectivity index (χ0) is 10.7. The van der Waals surface area contributed by atoms with E-state index in [1.54, 1.807) is 13.8 Å². The molecule has 1 rings (SSSR count). The lowest BCUT2D eigenvalue weighted by atomic mass is 10.00. The average Bonchev–Trinajstić information content (AvgIpc) is 2.15. The van der Waals surface area contributed by atoms with Crippen LogP contribution in [0.4, 0.5) is 4.39 Å². The van der Waals surface area contributed by atoms with Gasteiger partial charge in [0.15, 0.2) is 5.78 Å². The van der Waals surface area contributed by atoms with Crippen molar-refractivity contribution in [3.63, 3.8) is 0 Å². The van der Waals surface area contributed by atoms with Crippen LogP contribution in [0, 0.1) is 5.95 Å². The highest BCUT2D eigenvalue weighted by molar-refractivity contribution is 6.00. The molecule has 0 aliphatic heterocycles. The third kappa shape index (κ3) is 1.87. The van der Waals surface area contributed by atoms with E-state index in [4.69, 9.17) is 0 Å². The van der Waals surface area contributed by atoms with Crippen molar-refractivity contribution in [2.24, 2.45) is 0 Å². The lowest BCUT2D eigenvalue weighted by Crippen LogP contribution is -2.04. The first-order valence-electron chi connectivity index (χ1n) is 4.41. The van der Waals surface area contributed by atoms with Crippen LogP contribution in [0.5, 0.6) is 0 Å². The molecular formula is C11H12FNO. The minimum atomic E-state index is -0.628. The number of rotatable bonds is 3. The minimum Gasteiger partial charge on any atom is -0.294 e. The van der Waals surface area contributed by atoms with Gasteiger partial charge in [0.1, 0.15) is 0 Å². The van der Waals surface area contributed by atoms with Crippen LogP contribution in [-0.4, -0.2) is 10.8 Å². The SMILES string of the molecule is C=C(C)c1c(C(=O)CC)ccnc1F. The number of carbonyl (C=O) groups excluding carboxylic acids is 1. The topological polar surface area (TPSA) is 30.0 Å². The predicted molar refractivity (Wildman–Crippen MR) is 53.5 cm³/mol. The summed E-state index contributed by atoms with van der Waals surface area (Å²) >= 11 is 0. The van der Waals surface area contributed by atoms with Crippen molar-refractivity contribution in [1.29, 1.82) is 0 Å². The summed E-state index contributed by atoms with van der Waals surface area (Å²) in [6, 6.07) is 1.53. The number of halogens is 1. The summed E-state index contributed by atoms with van der Waals surface area (Å²) in [6.45, 7) is 7.03. The molecule has 74 valence electrons. The number of allylic oxidation sites excluding steroid dienone is 1. The van der Waals surface area contributed by atoms with Gasteiger partial charge in [0.2, 0.25) is 5.95 Å². The standard InChI is InChI=1S/C11H12FNO/c1-4-9(14)8-5-6-13-11(12)10(8)7(2)3/h5-6H,2,4H2,1,3H3. The highest BCUT2D eigenvalue weighted by atomic mass is 19.1. The predicted octanol–water partition coefficient (Wildman–Crippen LogP) is 2.85. The zero-order valence-corrected chi connectivity index (χ0v) is 8.30. The average molecular weight is 193 g/mol. The molecule has 0 aliphatic rings. The van der Waals surface area contributed by atoms with Crippen LogP contribution in [0.3, 0.4) is 0 Å². The van der Waals surface area contributed by atoms with Crippen LogP contribution >= 0.6 is 0 Å². The van der Waals surface area contributed by atoms with Crippen molar-refractivity contribution in [3.05, 3.63) is 35.9 Å². The van der Waals surface area contributed by atoms with Gasteiger partial charge in [0.05, 0.1) is 0 Å². The van der Waals surface area contributed by atoms with Crippen molar-refractivity contribution in [2.75, 3.05) is 0 Å². The van der Waals surface area contributed by atoms with E-state index in [0.717, 1.165) is 0 Å². The summed E-state index contributed by atoms with van der Waals surface area (Å²) in [5, 5.41) is 0. The Hall–Kier alpha value is -1.51. The van der Waals surface area contributed by atoms with Crippen LogP contribution < -0.4 is 0 Å². The molecule has 1 aromatic heterocycles. The summed E-state index contributed by atoms with van der Waals surface area (Å²) in [7, 11) is 0. The van der Waals surface area contributed by atoms with E-state index >= 15 is 0 Å². The third-order valence-electron chi connectivity index (χ3n) is 1.95. The number of Topliss-reactive ketones (excluding diaryl/α,β-unsaturated/α-hetero) is 1. The van der Waals surface area contributed by atoms with Crippen LogP contribution in [0.1, 0.15) is 36.2 Å². The van der Waals surface area contributed by atoms with Crippen LogP contribution in [0.25, 0.3) is 5.57 Å². The van der Waals surface area contributed by atoms with Gasteiger partial charge in [-0.1, -0.05) is 13.5 Å². The van der Waals surface area contributed by atoms with E-state index < -0.39 is 5.95 Å². The van der Waals surface area contributed by atoms with Crippen LogP contribution in [0.15, 0.2) is 18.8 Å². The van der Waals surface area contributed by atoms with Gasteiger partial charge in [-0.05, 0) is 18.6 Å². The Morgan fingerprint density at radius 2 is 2.29 bits per heavy atom. The lowest BCUT2D eigenvalue weighted by Gasteiger charge is -2.07. The highest BCUT2D eigenvalue weighted by Gasteiger charge is 2.14. The van der Waals surface area contributed by atoms with E-state index in [0.29, 0.717) is 17.6 Å². The van der Waals surface area contributed by atoms with E-state index in [2.05, 4.69) is 11.6 Å². The van der Waals surface area contributed by atoms with Gasteiger partial charge in [0.25, 0.3) is 0 Å². The van der Waals surface area contributed by atoms with Crippen LogP contribution in [0.2, 0.25) is 0 Å². The first-order chi connectivity index (χ1) is 6.57. The first kappa shape index (κ1) is 10.6. The fourth-order valence-corrected chi connectivity index (χ4v) is 1.27. The number of aromatic nitrogens is 1. The van der Waals surface area contributed by atoms with Gasteiger partial charge in [0, 0.05) is 23.7 Å². The fourth-order valence-electron chi connectivity index (χ4n) is 1.27. The number of nitrogens with zero attached hydrogens (tertiary/aromatic N) is 1. The summed E-state index contributed by atoms with van der Waals surface area (Å²) in [4.78, 5) is 15.0. The molecule has 0 bridgehead atoms. The Kier molecular flexibility index (Phi) is 3.12. The number of hydrogen-bond donors (Lipinski definition) is 0. The Morgan fingerprint density at radius 3 is 2.79 bits per heavy atom. The third-order valence-corrected chi connectivity index (χ3v) is 1.95. The Labute approximate surface area is 82.5 Å². The molecular weight excluding hydrogens is 181 g/mol. The molecule has 0 aromatic carbocycles. The summed E-state index contributed by atoms with van der Waals surface area (Å²) in [5.41, 5.74) is 1.12. The molecule has 2 nitrogen and oxygen atoms in total. The van der Waals surface area contributed by atoms with Crippen LogP contribution in [-0.2, 0) is 0 Å². The molecule has 0 unspecified atom stereocenters. The largest absolute Gasteiger partial charge is 0.294 e. The van der Waals surface area contributed by atoms with E-state index in [1.165, 1.54) is 12.3 Å². The van der Waals surface area contributed by atoms with Crippen molar-refractivity contribution in [1.82, 2.24) is 4.98 Å². The molecule has 14 heavy (non-hydrogen) atoms. The fraction of sp³-hybridized carbons (Fsp3) is 0.273. The van der Waals surface area contributed by atoms with Crippen molar-refractivity contribution in [2.45, 2.75) is 20.3 Å². The van der Waals surface area contributed by atoms with Gasteiger partial charge >= 0.3 is 0 Å². The smallest absolute Gasteiger partial charge is 0.221 e. The zero-order valence-electron chi connectivity index (χ0n) is 8.30. The minimum absolute atomic E-state index is 0.0932. The Morgan fingerprint density at radius 1 is 1.64 bits per heavy atom. The molecule has 0 fully saturated rings. The number of hydrogen-bond acceptors (Lipinski definition) is 2. The van der Waals surface area contributed by atoms with E-state index in [9.17, 15) is 9.18 Å². The second-order valence-electron chi connectivity index (χ2n) is 3.08. The van der Waals surface area contributed by atoms with Gasteiger partial charge in [-0.2, -0.15) is 4.39 Å². The van der Waals surface area contributed by atoms with Crippen molar-refractivity contribution < 1.29 is 9.18 Å². The first-order valence-corrected chi connectivity index (χ1v) is 4.41. The molecule has 0 N–H and O–H groups in total. The number of pyridine rings is 1. The molecule has 1 aromatic rings. The molecule has 0 spiro atoms. The second kappa shape index (κ2) is 4.13. The molecule has 0 aliphatic carbocycles. The molecule has 3 heteroatoms. The summed E-state index contributed by atoms with van der Waals surface area (Å²) < 4.78 is 13.3. The Bertz CT molecular complexity index is 385. The van der Waals surface area contributed by atoms with Crippen molar-refractivity contribution >= 4 is 11.4 Å². The summed E-state index contributed by atoms with van der Waals surface area (Å²) in [5.74, 6) is -0.721. The molecule has 0 radical (unpaired) electrons. The molecule has 1 heterocycles. The highest BCUT2D eigenvalue weighted by Crippen LogP contribution is 2.20. The summed E-state index contributed by atoms with van der Waals surface area (Å²) in [6.07, 6.45) is 1.65. The van der Waals surface area contributed by atoms with Gasteiger partial charge < -0.3 is 0 Å². The number of carbonyl (C=O) groups is 1. The molecule has 0 amide bonds. The maximum Gasteiger partial charge on any atom is 0.221 e. The maximum atomic E-state index is 13.3. The van der Waals surface area contributed by atoms with Gasteiger partial charge in [-0.15, -0.1) is 0 Å². The lowest BCUT2D eigenvalue weighted by molar-refractivity contribution is 0.0987. The van der Waals surface area contributed by atoms with E-state index in [-0.39, 0.29) is 11.3 Å². The molecule has 0 saturated carbocycles. The second-order valence-corrected chi connectivity index (χ2v) is 3.08.